The van der Waals surface area contributed by atoms with Crippen LogP contribution in [0.1, 0.15) is 11.4 Å². The largest absolute Gasteiger partial charge is 0.481 e. The maximum Gasteiger partial charge on any atom is 0.307 e. The summed E-state index contributed by atoms with van der Waals surface area (Å²) in [6.07, 6.45) is 0.0308. The molecule has 106 valence electrons. The number of aromatic nitrogens is 2. The van der Waals surface area contributed by atoms with Gasteiger partial charge in [-0.05, 0) is 29.8 Å². The molecule has 0 bridgehead atoms. The fourth-order valence-electron chi connectivity index (χ4n) is 2.13. The third kappa shape index (κ3) is 3.44. The van der Waals surface area contributed by atoms with E-state index in [4.69, 9.17) is 5.11 Å². The van der Waals surface area contributed by atoms with Gasteiger partial charge in [0, 0.05) is 4.90 Å². The van der Waals surface area contributed by atoms with E-state index < -0.39 is 5.97 Å². The van der Waals surface area contributed by atoms with Crippen molar-refractivity contribution in [1.82, 2.24) is 9.97 Å². The Balaban J connectivity index is 1.76. The standard InChI is InChI=1S/C16H14N2O2S/c19-16(20)9-11-6-7-13-14(8-11)18-15(17-13)10-21-12-4-2-1-3-5-12/h1-8H,9-10H2,(H,17,18)(H,19,20). The summed E-state index contributed by atoms with van der Waals surface area (Å²) in [7, 11) is 0. The van der Waals surface area contributed by atoms with Gasteiger partial charge in [0.25, 0.3) is 0 Å². The molecule has 1 aromatic heterocycles. The van der Waals surface area contributed by atoms with Gasteiger partial charge in [-0.1, -0.05) is 24.3 Å². The van der Waals surface area contributed by atoms with Crippen LogP contribution in [0.3, 0.4) is 0 Å². The number of benzene rings is 2. The molecule has 0 unspecified atom stereocenters. The quantitative estimate of drug-likeness (QED) is 0.708. The molecule has 0 saturated carbocycles. The molecule has 0 atom stereocenters. The van der Waals surface area contributed by atoms with Crippen LogP contribution in [-0.4, -0.2) is 21.0 Å². The van der Waals surface area contributed by atoms with Crippen LogP contribution in [0.25, 0.3) is 11.0 Å². The molecule has 5 heteroatoms. The minimum Gasteiger partial charge on any atom is -0.481 e. The van der Waals surface area contributed by atoms with E-state index in [2.05, 4.69) is 22.1 Å². The lowest BCUT2D eigenvalue weighted by atomic mass is 10.1. The number of H-pyrrole nitrogens is 1. The number of hydrogen-bond donors (Lipinski definition) is 2. The lowest BCUT2D eigenvalue weighted by Crippen LogP contribution is -1.99. The van der Waals surface area contributed by atoms with Gasteiger partial charge in [0.05, 0.1) is 23.2 Å². The average molecular weight is 298 g/mol. The van der Waals surface area contributed by atoms with Crippen molar-refractivity contribution in [3.63, 3.8) is 0 Å². The number of rotatable bonds is 5. The molecule has 21 heavy (non-hydrogen) atoms. The third-order valence-corrected chi connectivity index (χ3v) is 4.09. The lowest BCUT2D eigenvalue weighted by molar-refractivity contribution is -0.136. The van der Waals surface area contributed by atoms with Crippen LogP contribution in [0.4, 0.5) is 0 Å². The Bertz CT molecular complexity index is 768. The van der Waals surface area contributed by atoms with Gasteiger partial charge in [0.2, 0.25) is 0 Å². The predicted octanol–water partition coefficient (Wildman–Crippen LogP) is 3.48. The summed E-state index contributed by atoms with van der Waals surface area (Å²) in [6, 6.07) is 15.7. The molecule has 4 nitrogen and oxygen atoms in total. The van der Waals surface area contributed by atoms with Crippen LogP contribution < -0.4 is 0 Å². The van der Waals surface area contributed by atoms with Gasteiger partial charge in [-0.15, -0.1) is 11.8 Å². The molecule has 0 spiro atoms. The minimum absolute atomic E-state index is 0.0308. The molecular weight excluding hydrogens is 284 g/mol. The number of carboxylic acid groups (broad SMARTS) is 1. The van der Waals surface area contributed by atoms with Crippen molar-refractivity contribution in [3.8, 4) is 0 Å². The zero-order chi connectivity index (χ0) is 14.7. The summed E-state index contributed by atoms with van der Waals surface area (Å²) < 4.78 is 0. The van der Waals surface area contributed by atoms with Crippen molar-refractivity contribution >= 4 is 28.8 Å². The SMILES string of the molecule is O=C(O)Cc1ccc2nc(CSc3ccccc3)[nH]c2c1. The number of aromatic amines is 1. The maximum absolute atomic E-state index is 10.7. The van der Waals surface area contributed by atoms with Crippen LogP contribution in [0, 0.1) is 0 Å². The topological polar surface area (TPSA) is 66.0 Å². The van der Waals surface area contributed by atoms with E-state index in [-0.39, 0.29) is 6.42 Å². The smallest absolute Gasteiger partial charge is 0.307 e. The first-order valence-electron chi connectivity index (χ1n) is 6.58. The highest BCUT2D eigenvalue weighted by molar-refractivity contribution is 7.98. The van der Waals surface area contributed by atoms with Crippen molar-refractivity contribution in [3.05, 3.63) is 59.9 Å². The molecule has 0 fully saturated rings. The van der Waals surface area contributed by atoms with Crippen molar-refractivity contribution in [1.29, 1.82) is 0 Å². The fraction of sp³-hybridized carbons (Fsp3) is 0.125. The molecule has 0 aliphatic heterocycles. The van der Waals surface area contributed by atoms with Crippen LogP contribution in [0.2, 0.25) is 0 Å². The number of thioether (sulfide) groups is 1. The van der Waals surface area contributed by atoms with Crippen molar-refractivity contribution in [2.45, 2.75) is 17.1 Å². The number of hydrogen-bond acceptors (Lipinski definition) is 3. The first-order valence-corrected chi connectivity index (χ1v) is 7.56. The Labute approximate surface area is 126 Å². The Hall–Kier alpha value is -2.27. The van der Waals surface area contributed by atoms with Crippen LogP contribution >= 0.6 is 11.8 Å². The van der Waals surface area contributed by atoms with E-state index in [0.29, 0.717) is 0 Å². The van der Waals surface area contributed by atoms with Gasteiger partial charge in [0.1, 0.15) is 5.82 Å². The van der Waals surface area contributed by atoms with E-state index in [0.717, 1.165) is 28.2 Å². The first-order chi connectivity index (χ1) is 10.2. The second-order valence-electron chi connectivity index (χ2n) is 4.71. The Kier molecular flexibility index (Phi) is 3.92. The number of aliphatic carboxylic acids is 1. The molecular formula is C16H14N2O2S. The molecule has 0 saturated heterocycles. The molecule has 2 N–H and O–H groups in total. The number of imidazole rings is 1. The molecule has 3 aromatic rings. The van der Waals surface area contributed by atoms with Gasteiger partial charge in [0.15, 0.2) is 0 Å². The van der Waals surface area contributed by atoms with Gasteiger partial charge in [-0.25, -0.2) is 4.98 Å². The summed E-state index contributed by atoms with van der Waals surface area (Å²) in [5, 5.41) is 8.83. The van der Waals surface area contributed by atoms with E-state index in [9.17, 15) is 4.79 Å². The van der Waals surface area contributed by atoms with Gasteiger partial charge >= 0.3 is 5.97 Å². The summed E-state index contributed by atoms with van der Waals surface area (Å²) in [6.45, 7) is 0. The van der Waals surface area contributed by atoms with Gasteiger partial charge in [-0.2, -0.15) is 0 Å². The summed E-state index contributed by atoms with van der Waals surface area (Å²) >= 11 is 1.72. The highest BCUT2D eigenvalue weighted by atomic mass is 32.2. The summed E-state index contributed by atoms with van der Waals surface area (Å²) in [5.41, 5.74) is 2.53. The molecule has 2 aromatic carbocycles. The monoisotopic (exact) mass is 298 g/mol. The second-order valence-corrected chi connectivity index (χ2v) is 5.76. The Morgan fingerprint density at radius 2 is 2.00 bits per heavy atom. The highest BCUT2D eigenvalue weighted by Gasteiger charge is 2.06. The van der Waals surface area contributed by atoms with Gasteiger partial charge < -0.3 is 10.1 Å². The number of carbonyl (C=O) groups is 1. The molecule has 0 amide bonds. The zero-order valence-electron chi connectivity index (χ0n) is 11.2. The molecule has 3 rings (SSSR count). The van der Waals surface area contributed by atoms with Crippen molar-refractivity contribution in [2.24, 2.45) is 0 Å². The zero-order valence-corrected chi connectivity index (χ0v) is 12.1. The first kappa shape index (κ1) is 13.7. The van der Waals surface area contributed by atoms with Crippen LogP contribution in [0.15, 0.2) is 53.4 Å². The number of fused-ring (bicyclic) bond motifs is 1. The van der Waals surface area contributed by atoms with Crippen molar-refractivity contribution in [2.75, 3.05) is 0 Å². The van der Waals surface area contributed by atoms with E-state index >= 15 is 0 Å². The maximum atomic E-state index is 10.7. The predicted molar refractivity (Wildman–Crippen MR) is 83.4 cm³/mol. The van der Waals surface area contributed by atoms with Gasteiger partial charge in [-0.3, -0.25) is 4.79 Å². The minimum atomic E-state index is -0.825. The average Bonchev–Trinajstić information content (AvgIpc) is 2.88. The normalized spacial score (nSPS) is 10.9. The summed E-state index contributed by atoms with van der Waals surface area (Å²) in [5.74, 6) is 0.826. The third-order valence-electron chi connectivity index (χ3n) is 3.07. The molecule has 0 aliphatic rings. The number of carboxylic acids is 1. The summed E-state index contributed by atoms with van der Waals surface area (Å²) in [4.78, 5) is 19.7. The second kappa shape index (κ2) is 6.01. The number of nitrogens with zero attached hydrogens (tertiary/aromatic N) is 1. The van der Waals surface area contributed by atoms with E-state index in [1.54, 1.807) is 11.8 Å². The number of nitrogens with one attached hydrogen (secondary N) is 1. The van der Waals surface area contributed by atoms with E-state index in [1.165, 1.54) is 4.90 Å². The fourth-order valence-corrected chi connectivity index (χ4v) is 2.92. The van der Waals surface area contributed by atoms with Crippen LogP contribution in [0.5, 0.6) is 0 Å². The van der Waals surface area contributed by atoms with Crippen molar-refractivity contribution < 1.29 is 9.90 Å². The molecule has 0 aliphatic carbocycles. The van der Waals surface area contributed by atoms with E-state index in [1.807, 2.05) is 36.4 Å². The van der Waals surface area contributed by atoms with Crippen LogP contribution in [-0.2, 0) is 17.0 Å². The molecule has 1 heterocycles. The lowest BCUT2D eigenvalue weighted by Gasteiger charge is -1.97. The Morgan fingerprint density at radius 1 is 1.19 bits per heavy atom. The highest BCUT2D eigenvalue weighted by Crippen LogP contribution is 2.23. The molecule has 0 radical (unpaired) electrons. The Morgan fingerprint density at radius 3 is 2.76 bits per heavy atom.